The largest absolute Gasteiger partial charge is 0.464 e. The molecule has 2 saturated heterocycles. The van der Waals surface area contributed by atoms with Crippen LogP contribution in [0.5, 0.6) is 0 Å². The lowest BCUT2D eigenvalue weighted by Gasteiger charge is -2.38. The second kappa shape index (κ2) is 7.55. The number of amides is 2. The summed E-state index contributed by atoms with van der Waals surface area (Å²) in [4.78, 5) is 39.7. The molecule has 0 aromatic heterocycles. The molecule has 2 aliphatic rings. The summed E-state index contributed by atoms with van der Waals surface area (Å²) >= 11 is 0. The fraction of sp³-hybridized carbons (Fsp3) is 0.500. The van der Waals surface area contributed by atoms with Gasteiger partial charge in [-0.2, -0.15) is 0 Å². The first-order valence-electron chi connectivity index (χ1n) is 8.53. The highest BCUT2D eigenvalue weighted by Gasteiger charge is 2.46. The first-order chi connectivity index (χ1) is 12.1. The third-order valence-corrected chi connectivity index (χ3v) is 4.57. The normalized spacial score (nSPS) is 22.5. The Morgan fingerprint density at radius 1 is 1.16 bits per heavy atom. The Morgan fingerprint density at radius 2 is 1.92 bits per heavy atom. The zero-order chi connectivity index (χ0) is 17.8. The van der Waals surface area contributed by atoms with Gasteiger partial charge < -0.3 is 14.4 Å². The summed E-state index contributed by atoms with van der Waals surface area (Å²) in [6.07, 6.45) is 0.747. The van der Waals surface area contributed by atoms with E-state index in [0.29, 0.717) is 26.0 Å². The van der Waals surface area contributed by atoms with Gasteiger partial charge in [0.05, 0.1) is 12.6 Å². The van der Waals surface area contributed by atoms with Crippen molar-refractivity contribution in [3.8, 4) is 0 Å². The number of fused-ring (bicyclic) bond motifs is 1. The van der Waals surface area contributed by atoms with Gasteiger partial charge in [-0.1, -0.05) is 30.3 Å². The van der Waals surface area contributed by atoms with Crippen molar-refractivity contribution in [3.63, 3.8) is 0 Å². The molecule has 0 spiro atoms. The molecule has 0 saturated carbocycles. The van der Waals surface area contributed by atoms with Crippen LogP contribution in [0.4, 0.5) is 4.79 Å². The van der Waals surface area contributed by atoms with Gasteiger partial charge in [-0.15, -0.1) is 0 Å². The highest BCUT2D eigenvalue weighted by molar-refractivity contribution is 5.89. The van der Waals surface area contributed by atoms with E-state index in [9.17, 15) is 14.4 Å². The van der Waals surface area contributed by atoms with Gasteiger partial charge in [0.2, 0.25) is 5.91 Å². The second-order valence-corrected chi connectivity index (χ2v) is 6.22. The number of nitrogens with zero attached hydrogens (tertiary/aromatic N) is 2. The molecule has 2 heterocycles. The van der Waals surface area contributed by atoms with Crippen molar-refractivity contribution in [1.29, 1.82) is 0 Å². The Hall–Kier alpha value is -2.57. The van der Waals surface area contributed by atoms with E-state index < -0.39 is 12.1 Å². The molecule has 2 amide bonds. The summed E-state index contributed by atoms with van der Waals surface area (Å²) in [5, 5.41) is 0. The first-order valence-corrected chi connectivity index (χ1v) is 8.53. The molecule has 7 nitrogen and oxygen atoms in total. The number of hydrogen-bond acceptors (Lipinski definition) is 5. The number of carbonyl (C=O) groups excluding carboxylic acids is 3. The van der Waals surface area contributed by atoms with Gasteiger partial charge in [0.1, 0.15) is 19.2 Å². The Bertz CT molecular complexity index is 648. The van der Waals surface area contributed by atoms with Crippen molar-refractivity contribution in [2.24, 2.45) is 0 Å². The molecule has 25 heavy (non-hydrogen) atoms. The minimum Gasteiger partial charge on any atom is -0.464 e. The molecule has 0 N–H and O–H groups in total. The van der Waals surface area contributed by atoms with Crippen molar-refractivity contribution < 1.29 is 23.9 Å². The molecule has 0 radical (unpaired) electrons. The first kappa shape index (κ1) is 17.3. The number of rotatable bonds is 4. The maximum absolute atomic E-state index is 12.5. The van der Waals surface area contributed by atoms with Crippen LogP contribution in [-0.4, -0.2) is 59.5 Å². The summed E-state index contributed by atoms with van der Waals surface area (Å²) in [6.45, 7) is 2.52. The van der Waals surface area contributed by atoms with Gasteiger partial charge in [0.15, 0.2) is 0 Å². The molecule has 1 aromatic rings. The lowest BCUT2D eigenvalue weighted by atomic mass is 10.1. The SMILES string of the molecule is CCOC(=O)[C@@H]1CC[C@H]2CN(C(=O)OCc3ccccc3)CC(=O)N21. The lowest BCUT2D eigenvalue weighted by molar-refractivity contribution is -0.156. The Balaban J connectivity index is 1.58. The van der Waals surface area contributed by atoms with E-state index >= 15 is 0 Å². The highest BCUT2D eigenvalue weighted by Crippen LogP contribution is 2.29. The molecular formula is C18H22N2O5. The molecule has 2 atom stereocenters. The minimum atomic E-state index is -0.528. The smallest absolute Gasteiger partial charge is 0.410 e. The zero-order valence-electron chi connectivity index (χ0n) is 14.2. The maximum atomic E-state index is 12.5. The molecule has 3 rings (SSSR count). The lowest BCUT2D eigenvalue weighted by Crippen LogP contribution is -2.58. The number of esters is 1. The van der Waals surface area contributed by atoms with Gasteiger partial charge >= 0.3 is 12.1 Å². The standard InChI is InChI=1S/C18H22N2O5/c1-2-24-17(22)15-9-8-14-10-19(11-16(21)20(14)15)18(23)25-12-13-6-4-3-5-7-13/h3-7,14-15H,2,8-12H2,1H3/t14-,15-/m0/s1. The van der Waals surface area contributed by atoms with Gasteiger partial charge in [0.25, 0.3) is 0 Å². The number of ether oxygens (including phenoxy) is 2. The van der Waals surface area contributed by atoms with Gasteiger partial charge in [-0.25, -0.2) is 9.59 Å². The highest BCUT2D eigenvalue weighted by atomic mass is 16.6. The maximum Gasteiger partial charge on any atom is 0.410 e. The number of piperazine rings is 1. The van der Waals surface area contributed by atoms with E-state index in [-0.39, 0.29) is 31.1 Å². The van der Waals surface area contributed by atoms with Crippen LogP contribution in [-0.2, 0) is 25.7 Å². The van der Waals surface area contributed by atoms with Crippen LogP contribution < -0.4 is 0 Å². The van der Waals surface area contributed by atoms with Gasteiger partial charge in [-0.05, 0) is 25.3 Å². The van der Waals surface area contributed by atoms with E-state index in [1.807, 2.05) is 30.3 Å². The molecular weight excluding hydrogens is 324 g/mol. The summed E-state index contributed by atoms with van der Waals surface area (Å²) in [5.41, 5.74) is 0.893. The van der Waals surface area contributed by atoms with Crippen LogP contribution in [0.1, 0.15) is 25.3 Å². The fourth-order valence-corrected chi connectivity index (χ4v) is 3.42. The minimum absolute atomic E-state index is 0.0694. The van der Waals surface area contributed by atoms with Crippen LogP contribution in [0.25, 0.3) is 0 Å². The topological polar surface area (TPSA) is 76.1 Å². The van der Waals surface area contributed by atoms with E-state index in [4.69, 9.17) is 9.47 Å². The van der Waals surface area contributed by atoms with E-state index in [1.165, 1.54) is 4.90 Å². The monoisotopic (exact) mass is 346 g/mol. The molecule has 0 unspecified atom stereocenters. The molecule has 134 valence electrons. The predicted octanol–water partition coefficient (Wildman–Crippen LogP) is 1.56. The average molecular weight is 346 g/mol. The summed E-state index contributed by atoms with van der Waals surface area (Å²) in [6, 6.07) is 8.71. The molecule has 0 aliphatic carbocycles. The number of hydrogen-bond donors (Lipinski definition) is 0. The van der Waals surface area contributed by atoms with Crippen molar-refractivity contribution in [2.75, 3.05) is 19.7 Å². The van der Waals surface area contributed by atoms with Crippen LogP contribution in [0.3, 0.4) is 0 Å². The van der Waals surface area contributed by atoms with Gasteiger partial charge in [-0.3, -0.25) is 9.69 Å². The van der Waals surface area contributed by atoms with Crippen molar-refractivity contribution >= 4 is 18.0 Å². The van der Waals surface area contributed by atoms with Crippen LogP contribution in [0.15, 0.2) is 30.3 Å². The van der Waals surface area contributed by atoms with E-state index in [0.717, 1.165) is 5.56 Å². The van der Waals surface area contributed by atoms with Crippen LogP contribution >= 0.6 is 0 Å². The molecule has 2 aliphatic heterocycles. The molecule has 2 fully saturated rings. The summed E-state index contributed by atoms with van der Waals surface area (Å²) in [7, 11) is 0. The third-order valence-electron chi connectivity index (χ3n) is 4.57. The third kappa shape index (κ3) is 3.75. The van der Waals surface area contributed by atoms with Gasteiger partial charge in [0, 0.05) is 6.54 Å². The molecule has 0 bridgehead atoms. The fourth-order valence-electron chi connectivity index (χ4n) is 3.42. The molecule has 1 aromatic carbocycles. The van der Waals surface area contributed by atoms with Crippen LogP contribution in [0.2, 0.25) is 0 Å². The summed E-state index contributed by atoms with van der Waals surface area (Å²) < 4.78 is 10.3. The quantitative estimate of drug-likeness (QED) is 0.774. The van der Waals surface area contributed by atoms with E-state index in [2.05, 4.69) is 0 Å². The Labute approximate surface area is 146 Å². The zero-order valence-corrected chi connectivity index (χ0v) is 14.2. The number of benzene rings is 1. The van der Waals surface area contributed by atoms with Crippen molar-refractivity contribution in [2.45, 2.75) is 38.5 Å². The second-order valence-electron chi connectivity index (χ2n) is 6.22. The summed E-state index contributed by atoms with van der Waals surface area (Å²) in [5.74, 6) is -0.595. The van der Waals surface area contributed by atoms with Crippen molar-refractivity contribution in [1.82, 2.24) is 9.80 Å². The molecule has 7 heteroatoms. The Morgan fingerprint density at radius 3 is 2.64 bits per heavy atom. The van der Waals surface area contributed by atoms with Crippen LogP contribution in [0, 0.1) is 0 Å². The Kier molecular flexibility index (Phi) is 5.21. The number of carbonyl (C=O) groups is 3. The average Bonchev–Trinajstić information content (AvgIpc) is 3.05. The predicted molar refractivity (Wildman–Crippen MR) is 88.5 cm³/mol. The van der Waals surface area contributed by atoms with E-state index in [1.54, 1.807) is 11.8 Å². The van der Waals surface area contributed by atoms with Crippen molar-refractivity contribution in [3.05, 3.63) is 35.9 Å².